The number of anilines is 2. The van der Waals surface area contributed by atoms with Crippen LogP contribution in [0.25, 0.3) is 0 Å². The number of benzene rings is 2. The van der Waals surface area contributed by atoms with Crippen LogP contribution in [0.15, 0.2) is 72.9 Å². The van der Waals surface area contributed by atoms with Gasteiger partial charge in [0.25, 0.3) is 5.91 Å². The van der Waals surface area contributed by atoms with E-state index in [1.807, 2.05) is 53.4 Å². The Morgan fingerprint density at radius 3 is 2.36 bits per heavy atom. The molecule has 1 amide bonds. The van der Waals surface area contributed by atoms with Crippen molar-refractivity contribution >= 4 is 17.5 Å². The first-order valence-electron chi connectivity index (χ1n) is 9.38. The second-order valence-electron chi connectivity index (χ2n) is 6.55. The lowest BCUT2D eigenvalue weighted by molar-refractivity contribution is 0.0299. The van der Waals surface area contributed by atoms with Crippen LogP contribution in [0.1, 0.15) is 16.1 Å². The molecule has 1 fully saturated rings. The topological polar surface area (TPSA) is 58.6 Å². The standard InChI is InChI=1S/C22H22N4O2/c27-21(25-13-15-28-16-14-25)20-11-12-23-22(24-20)26(19-9-5-2-6-10-19)17-18-7-3-1-4-8-18/h1-12H,13-17H2. The molecular weight excluding hydrogens is 352 g/mol. The summed E-state index contributed by atoms with van der Waals surface area (Å²) >= 11 is 0. The summed E-state index contributed by atoms with van der Waals surface area (Å²) in [5.74, 6) is 0.425. The molecule has 6 heteroatoms. The molecule has 3 aromatic rings. The summed E-state index contributed by atoms with van der Waals surface area (Å²) in [6, 6.07) is 21.8. The Bertz CT molecular complexity index is 912. The molecule has 0 bridgehead atoms. The Hall–Kier alpha value is -3.25. The van der Waals surface area contributed by atoms with Gasteiger partial charge in [0.1, 0.15) is 5.69 Å². The molecule has 28 heavy (non-hydrogen) atoms. The maximum atomic E-state index is 12.8. The van der Waals surface area contributed by atoms with Gasteiger partial charge in [0, 0.05) is 25.0 Å². The summed E-state index contributed by atoms with van der Waals surface area (Å²) in [5.41, 5.74) is 2.52. The zero-order valence-electron chi connectivity index (χ0n) is 15.6. The van der Waals surface area contributed by atoms with E-state index in [9.17, 15) is 4.79 Å². The van der Waals surface area contributed by atoms with E-state index in [-0.39, 0.29) is 5.91 Å². The van der Waals surface area contributed by atoms with E-state index in [1.54, 1.807) is 17.2 Å². The zero-order valence-corrected chi connectivity index (χ0v) is 15.6. The first kappa shape index (κ1) is 18.1. The average Bonchev–Trinajstić information content (AvgIpc) is 2.79. The number of rotatable bonds is 5. The number of amides is 1. The van der Waals surface area contributed by atoms with Crippen LogP contribution in [-0.2, 0) is 11.3 Å². The van der Waals surface area contributed by atoms with E-state index < -0.39 is 0 Å². The number of hydrogen-bond donors (Lipinski definition) is 0. The van der Waals surface area contributed by atoms with Gasteiger partial charge in [-0.2, -0.15) is 0 Å². The second-order valence-corrected chi connectivity index (χ2v) is 6.55. The molecular formula is C22H22N4O2. The molecule has 1 saturated heterocycles. The van der Waals surface area contributed by atoms with E-state index in [0.717, 1.165) is 11.3 Å². The van der Waals surface area contributed by atoms with E-state index in [1.165, 1.54) is 0 Å². The molecule has 1 aromatic heterocycles. The van der Waals surface area contributed by atoms with Crippen LogP contribution in [0.3, 0.4) is 0 Å². The third-order valence-corrected chi connectivity index (χ3v) is 4.65. The molecule has 1 aliphatic heterocycles. The van der Waals surface area contributed by atoms with Crippen LogP contribution < -0.4 is 4.90 Å². The molecule has 0 saturated carbocycles. The molecule has 0 N–H and O–H groups in total. The summed E-state index contributed by atoms with van der Waals surface area (Å²) in [6.07, 6.45) is 1.65. The van der Waals surface area contributed by atoms with Crippen LogP contribution >= 0.6 is 0 Å². The van der Waals surface area contributed by atoms with Crippen LogP contribution in [0, 0.1) is 0 Å². The van der Waals surface area contributed by atoms with Crippen molar-refractivity contribution in [2.45, 2.75) is 6.54 Å². The Kier molecular flexibility index (Phi) is 5.58. The number of aromatic nitrogens is 2. The van der Waals surface area contributed by atoms with Crippen molar-refractivity contribution in [1.82, 2.24) is 14.9 Å². The quantitative estimate of drug-likeness (QED) is 0.686. The number of ether oxygens (including phenoxy) is 1. The molecule has 4 rings (SSSR count). The van der Waals surface area contributed by atoms with Gasteiger partial charge in [0.05, 0.1) is 19.8 Å². The lowest BCUT2D eigenvalue weighted by atomic mass is 10.2. The van der Waals surface area contributed by atoms with Crippen molar-refractivity contribution in [2.75, 3.05) is 31.2 Å². The lowest BCUT2D eigenvalue weighted by Gasteiger charge is -2.27. The van der Waals surface area contributed by atoms with Gasteiger partial charge >= 0.3 is 0 Å². The predicted molar refractivity (Wildman–Crippen MR) is 107 cm³/mol. The summed E-state index contributed by atoms with van der Waals surface area (Å²) < 4.78 is 5.34. The summed E-state index contributed by atoms with van der Waals surface area (Å²) in [7, 11) is 0. The van der Waals surface area contributed by atoms with Crippen molar-refractivity contribution in [3.8, 4) is 0 Å². The van der Waals surface area contributed by atoms with Gasteiger partial charge in [0.2, 0.25) is 5.95 Å². The molecule has 0 unspecified atom stereocenters. The highest BCUT2D eigenvalue weighted by molar-refractivity contribution is 5.92. The number of para-hydroxylation sites is 1. The van der Waals surface area contributed by atoms with E-state index in [0.29, 0.717) is 44.5 Å². The normalized spacial score (nSPS) is 13.9. The minimum absolute atomic E-state index is 0.0836. The van der Waals surface area contributed by atoms with Gasteiger partial charge in [-0.3, -0.25) is 4.79 Å². The number of hydrogen-bond acceptors (Lipinski definition) is 5. The minimum atomic E-state index is -0.0836. The first-order chi connectivity index (χ1) is 13.8. The fourth-order valence-corrected chi connectivity index (χ4v) is 3.18. The first-order valence-corrected chi connectivity index (χ1v) is 9.38. The summed E-state index contributed by atoms with van der Waals surface area (Å²) in [5, 5.41) is 0. The molecule has 1 aliphatic rings. The van der Waals surface area contributed by atoms with Crippen molar-refractivity contribution < 1.29 is 9.53 Å². The average molecular weight is 374 g/mol. The van der Waals surface area contributed by atoms with Gasteiger partial charge in [-0.1, -0.05) is 48.5 Å². The number of nitrogens with zero attached hydrogens (tertiary/aromatic N) is 4. The number of carbonyl (C=O) groups excluding carboxylic acids is 1. The highest BCUT2D eigenvalue weighted by atomic mass is 16.5. The zero-order chi connectivity index (χ0) is 19.2. The van der Waals surface area contributed by atoms with Crippen molar-refractivity contribution in [3.63, 3.8) is 0 Å². The third-order valence-electron chi connectivity index (χ3n) is 4.65. The van der Waals surface area contributed by atoms with E-state index >= 15 is 0 Å². The predicted octanol–water partition coefficient (Wildman–Crippen LogP) is 3.29. The Morgan fingerprint density at radius 1 is 0.964 bits per heavy atom. The fraction of sp³-hybridized carbons (Fsp3) is 0.227. The van der Waals surface area contributed by atoms with Crippen LogP contribution in [0.2, 0.25) is 0 Å². The Balaban J connectivity index is 1.65. The lowest BCUT2D eigenvalue weighted by Crippen LogP contribution is -2.41. The Morgan fingerprint density at radius 2 is 1.64 bits per heavy atom. The van der Waals surface area contributed by atoms with Gasteiger partial charge in [0.15, 0.2) is 0 Å². The van der Waals surface area contributed by atoms with E-state index in [2.05, 4.69) is 22.1 Å². The van der Waals surface area contributed by atoms with Crippen LogP contribution in [0.4, 0.5) is 11.6 Å². The monoisotopic (exact) mass is 374 g/mol. The molecule has 142 valence electrons. The summed E-state index contributed by atoms with van der Waals surface area (Å²) in [6.45, 7) is 2.91. The number of morpholine rings is 1. The van der Waals surface area contributed by atoms with Gasteiger partial charge in [-0.25, -0.2) is 9.97 Å². The maximum absolute atomic E-state index is 12.8. The van der Waals surface area contributed by atoms with Crippen molar-refractivity contribution in [1.29, 1.82) is 0 Å². The molecule has 0 aliphatic carbocycles. The van der Waals surface area contributed by atoms with Gasteiger partial charge in [-0.15, -0.1) is 0 Å². The van der Waals surface area contributed by atoms with Crippen molar-refractivity contribution in [3.05, 3.63) is 84.2 Å². The van der Waals surface area contributed by atoms with Crippen LogP contribution in [0.5, 0.6) is 0 Å². The van der Waals surface area contributed by atoms with Gasteiger partial charge < -0.3 is 14.5 Å². The number of carbonyl (C=O) groups is 1. The fourth-order valence-electron chi connectivity index (χ4n) is 3.18. The largest absolute Gasteiger partial charge is 0.378 e. The molecule has 0 atom stereocenters. The smallest absolute Gasteiger partial charge is 0.272 e. The molecule has 2 heterocycles. The molecule has 6 nitrogen and oxygen atoms in total. The third kappa shape index (κ3) is 4.18. The molecule has 2 aromatic carbocycles. The van der Waals surface area contributed by atoms with Crippen LogP contribution in [-0.4, -0.2) is 47.1 Å². The highest BCUT2D eigenvalue weighted by Gasteiger charge is 2.21. The molecule has 0 spiro atoms. The summed E-state index contributed by atoms with van der Waals surface area (Å²) in [4.78, 5) is 25.7. The Labute approximate surface area is 164 Å². The minimum Gasteiger partial charge on any atom is -0.378 e. The molecule has 0 radical (unpaired) electrons. The SMILES string of the molecule is O=C(c1ccnc(N(Cc2ccccc2)c2ccccc2)n1)N1CCOCC1. The second kappa shape index (κ2) is 8.63. The highest BCUT2D eigenvalue weighted by Crippen LogP contribution is 2.24. The van der Waals surface area contributed by atoms with Gasteiger partial charge in [-0.05, 0) is 23.8 Å². The maximum Gasteiger partial charge on any atom is 0.272 e. The van der Waals surface area contributed by atoms with E-state index in [4.69, 9.17) is 4.74 Å². The van der Waals surface area contributed by atoms with Crippen molar-refractivity contribution in [2.24, 2.45) is 0 Å².